The number of carbonyl (C=O) groups is 1. The Morgan fingerprint density at radius 1 is 1.36 bits per heavy atom. The normalized spacial score (nSPS) is 9.93. The van der Waals surface area contributed by atoms with Gasteiger partial charge in [-0.05, 0) is 24.6 Å². The summed E-state index contributed by atoms with van der Waals surface area (Å²) in [5, 5.41) is 18.4. The first kappa shape index (κ1) is 10.4. The molecule has 76 valence electrons. The molecule has 4 nitrogen and oxygen atoms in total. The highest BCUT2D eigenvalue weighted by Gasteiger charge is 2.17. The molecule has 4 heteroatoms. The molecule has 0 atom stereocenters. The standard InChI is InChI=1S/C10H13NO3/c1-6-4-7(11(2)3)9(10(13)14)8(12)5-6/h4-5,12H,1-3H3,(H,13,14). The Morgan fingerprint density at radius 2 is 1.93 bits per heavy atom. The lowest BCUT2D eigenvalue weighted by molar-refractivity contribution is 0.0694. The zero-order valence-electron chi connectivity index (χ0n) is 8.40. The number of carboxylic acid groups (broad SMARTS) is 1. The fourth-order valence-corrected chi connectivity index (χ4v) is 1.32. The summed E-state index contributed by atoms with van der Waals surface area (Å²) in [6.07, 6.45) is 0. The number of hydrogen-bond acceptors (Lipinski definition) is 3. The topological polar surface area (TPSA) is 60.8 Å². The van der Waals surface area contributed by atoms with Crippen LogP contribution in [0.15, 0.2) is 12.1 Å². The van der Waals surface area contributed by atoms with Crippen molar-refractivity contribution in [3.05, 3.63) is 23.3 Å². The highest BCUT2D eigenvalue weighted by Crippen LogP contribution is 2.29. The van der Waals surface area contributed by atoms with Gasteiger partial charge in [-0.15, -0.1) is 0 Å². The largest absolute Gasteiger partial charge is 0.507 e. The number of benzene rings is 1. The van der Waals surface area contributed by atoms with Gasteiger partial charge in [0.15, 0.2) is 0 Å². The molecule has 0 spiro atoms. The maximum Gasteiger partial charge on any atom is 0.341 e. The minimum Gasteiger partial charge on any atom is -0.507 e. The third kappa shape index (κ3) is 1.79. The molecule has 1 aromatic carbocycles. The SMILES string of the molecule is Cc1cc(O)c(C(=O)O)c(N(C)C)c1. The van der Waals surface area contributed by atoms with E-state index in [1.807, 2.05) is 0 Å². The average molecular weight is 195 g/mol. The molecule has 0 radical (unpaired) electrons. The van der Waals surface area contributed by atoms with Gasteiger partial charge < -0.3 is 15.1 Å². The third-order valence-electron chi connectivity index (χ3n) is 1.94. The minimum absolute atomic E-state index is 0.0550. The maximum absolute atomic E-state index is 10.9. The van der Waals surface area contributed by atoms with E-state index >= 15 is 0 Å². The Kier molecular flexibility index (Phi) is 2.65. The molecular formula is C10H13NO3. The highest BCUT2D eigenvalue weighted by molar-refractivity contribution is 5.97. The van der Waals surface area contributed by atoms with Gasteiger partial charge in [0.05, 0.1) is 5.69 Å². The van der Waals surface area contributed by atoms with Crippen molar-refractivity contribution in [3.63, 3.8) is 0 Å². The van der Waals surface area contributed by atoms with Crippen molar-refractivity contribution in [1.29, 1.82) is 0 Å². The predicted molar refractivity (Wildman–Crippen MR) is 54.1 cm³/mol. The second-order valence-electron chi connectivity index (χ2n) is 3.38. The quantitative estimate of drug-likeness (QED) is 0.750. The average Bonchev–Trinajstić information content (AvgIpc) is 2.01. The van der Waals surface area contributed by atoms with Crippen LogP contribution in [-0.2, 0) is 0 Å². The second-order valence-corrected chi connectivity index (χ2v) is 3.38. The minimum atomic E-state index is -1.12. The number of aromatic hydroxyl groups is 1. The Morgan fingerprint density at radius 3 is 2.36 bits per heavy atom. The molecule has 0 unspecified atom stereocenters. The Balaban J connectivity index is 3.44. The molecule has 0 fully saturated rings. The van der Waals surface area contributed by atoms with E-state index in [2.05, 4.69) is 0 Å². The van der Waals surface area contributed by atoms with Crippen LogP contribution >= 0.6 is 0 Å². The van der Waals surface area contributed by atoms with Crippen LogP contribution in [0.25, 0.3) is 0 Å². The smallest absolute Gasteiger partial charge is 0.341 e. The summed E-state index contributed by atoms with van der Waals surface area (Å²) >= 11 is 0. The van der Waals surface area contributed by atoms with Crippen molar-refractivity contribution in [1.82, 2.24) is 0 Å². The summed E-state index contributed by atoms with van der Waals surface area (Å²) in [6, 6.07) is 3.17. The van der Waals surface area contributed by atoms with Crippen LogP contribution in [-0.4, -0.2) is 30.3 Å². The number of carboxylic acids is 1. The molecule has 0 amide bonds. The van der Waals surface area contributed by atoms with Crippen LogP contribution in [0.5, 0.6) is 5.75 Å². The van der Waals surface area contributed by atoms with Gasteiger partial charge in [-0.3, -0.25) is 0 Å². The zero-order chi connectivity index (χ0) is 10.9. The van der Waals surface area contributed by atoms with Gasteiger partial charge in [0.25, 0.3) is 0 Å². The molecule has 0 heterocycles. The number of rotatable bonds is 2. The molecule has 0 aliphatic carbocycles. The summed E-state index contributed by atoms with van der Waals surface area (Å²) in [5.41, 5.74) is 1.28. The molecular weight excluding hydrogens is 182 g/mol. The van der Waals surface area contributed by atoms with Crippen molar-refractivity contribution >= 4 is 11.7 Å². The molecule has 0 saturated carbocycles. The number of phenols is 1. The fourth-order valence-electron chi connectivity index (χ4n) is 1.32. The second kappa shape index (κ2) is 3.57. The van der Waals surface area contributed by atoms with Gasteiger partial charge in [0, 0.05) is 14.1 Å². The third-order valence-corrected chi connectivity index (χ3v) is 1.94. The molecule has 1 rings (SSSR count). The number of anilines is 1. The number of aromatic carboxylic acids is 1. The maximum atomic E-state index is 10.9. The first-order chi connectivity index (χ1) is 6.43. The lowest BCUT2D eigenvalue weighted by Gasteiger charge is -2.17. The van der Waals surface area contributed by atoms with Gasteiger partial charge in [0.1, 0.15) is 11.3 Å². The Bertz CT molecular complexity index is 372. The molecule has 0 aromatic heterocycles. The summed E-state index contributed by atoms with van der Waals surface area (Å²) in [6.45, 7) is 1.80. The van der Waals surface area contributed by atoms with Crippen LogP contribution in [0, 0.1) is 6.92 Å². The monoisotopic (exact) mass is 195 g/mol. The van der Waals surface area contributed by atoms with E-state index in [4.69, 9.17) is 5.11 Å². The molecule has 0 bridgehead atoms. The van der Waals surface area contributed by atoms with Gasteiger partial charge in [-0.1, -0.05) is 0 Å². The van der Waals surface area contributed by atoms with E-state index in [1.165, 1.54) is 6.07 Å². The van der Waals surface area contributed by atoms with Gasteiger partial charge >= 0.3 is 5.97 Å². The number of aryl methyl sites for hydroxylation is 1. The van der Waals surface area contributed by atoms with Crippen LogP contribution in [0.3, 0.4) is 0 Å². The van der Waals surface area contributed by atoms with E-state index in [9.17, 15) is 9.90 Å². The predicted octanol–water partition coefficient (Wildman–Crippen LogP) is 1.46. The number of nitrogens with zero attached hydrogens (tertiary/aromatic N) is 1. The Labute approximate surface area is 82.4 Å². The van der Waals surface area contributed by atoms with E-state index < -0.39 is 5.97 Å². The first-order valence-electron chi connectivity index (χ1n) is 4.17. The van der Waals surface area contributed by atoms with Gasteiger partial charge in [-0.2, -0.15) is 0 Å². The number of hydrogen-bond donors (Lipinski definition) is 2. The van der Waals surface area contributed by atoms with Gasteiger partial charge in [0.2, 0.25) is 0 Å². The van der Waals surface area contributed by atoms with E-state index in [0.29, 0.717) is 5.69 Å². The summed E-state index contributed by atoms with van der Waals surface area (Å²) < 4.78 is 0. The van der Waals surface area contributed by atoms with Crippen LogP contribution in [0.2, 0.25) is 0 Å². The lowest BCUT2D eigenvalue weighted by atomic mass is 10.1. The molecule has 0 aliphatic rings. The molecule has 1 aromatic rings. The van der Waals surface area contributed by atoms with Crippen molar-refractivity contribution in [2.45, 2.75) is 6.92 Å². The highest BCUT2D eigenvalue weighted by atomic mass is 16.4. The van der Waals surface area contributed by atoms with Crippen molar-refractivity contribution in [2.24, 2.45) is 0 Å². The first-order valence-corrected chi connectivity index (χ1v) is 4.17. The van der Waals surface area contributed by atoms with Crippen LogP contribution in [0.4, 0.5) is 5.69 Å². The molecule has 0 aliphatic heterocycles. The van der Waals surface area contributed by atoms with Crippen molar-refractivity contribution < 1.29 is 15.0 Å². The summed E-state index contributed by atoms with van der Waals surface area (Å²) in [7, 11) is 3.47. The van der Waals surface area contributed by atoms with Crippen LogP contribution < -0.4 is 4.90 Å². The zero-order valence-corrected chi connectivity index (χ0v) is 8.40. The van der Waals surface area contributed by atoms with Crippen LogP contribution in [0.1, 0.15) is 15.9 Å². The molecule has 2 N–H and O–H groups in total. The van der Waals surface area contributed by atoms with E-state index in [0.717, 1.165) is 5.56 Å². The lowest BCUT2D eigenvalue weighted by Crippen LogP contribution is -2.14. The van der Waals surface area contributed by atoms with Crippen molar-refractivity contribution in [3.8, 4) is 5.75 Å². The molecule has 0 saturated heterocycles. The summed E-state index contributed by atoms with van der Waals surface area (Å²) in [4.78, 5) is 12.5. The van der Waals surface area contributed by atoms with Gasteiger partial charge in [-0.25, -0.2) is 4.79 Å². The van der Waals surface area contributed by atoms with E-state index in [1.54, 1.807) is 32.0 Å². The summed E-state index contributed by atoms with van der Waals surface area (Å²) in [5.74, 6) is -1.31. The molecule has 14 heavy (non-hydrogen) atoms. The fraction of sp³-hybridized carbons (Fsp3) is 0.300. The van der Waals surface area contributed by atoms with Crippen molar-refractivity contribution in [2.75, 3.05) is 19.0 Å². The Hall–Kier alpha value is -1.71. The van der Waals surface area contributed by atoms with E-state index in [-0.39, 0.29) is 11.3 Å².